The zero-order valence-electron chi connectivity index (χ0n) is 11.4. The molecule has 0 aliphatic rings. The lowest BCUT2D eigenvalue weighted by Gasteiger charge is -2.09. The third-order valence-corrected chi connectivity index (χ3v) is 3.71. The van der Waals surface area contributed by atoms with Crippen molar-refractivity contribution in [1.29, 1.82) is 0 Å². The second-order valence-corrected chi connectivity index (χ2v) is 6.36. The summed E-state index contributed by atoms with van der Waals surface area (Å²) in [7, 11) is -3.64. The van der Waals surface area contributed by atoms with Crippen molar-refractivity contribution in [1.82, 2.24) is 0 Å². The molecule has 0 saturated carbocycles. The van der Waals surface area contributed by atoms with Crippen LogP contribution < -0.4 is 9.81 Å². The van der Waals surface area contributed by atoms with Crippen LogP contribution in [0, 0.1) is 6.92 Å². The van der Waals surface area contributed by atoms with Crippen molar-refractivity contribution in [2.45, 2.75) is 6.92 Å². The smallest absolute Gasteiger partial charge is 0.344 e. The monoisotopic (exact) mass is 304 g/mol. The molecule has 0 amide bonds. The van der Waals surface area contributed by atoms with Crippen LogP contribution in [0.25, 0.3) is 21.7 Å². The average molecular weight is 304 g/mol. The SMILES string of the molecule is Cc1c(OS(C)(=O)=O)ccc2c1oc(=O)c1ccccc12. The summed E-state index contributed by atoms with van der Waals surface area (Å²) in [5.41, 5.74) is 0.346. The molecule has 0 radical (unpaired) electrons. The molecule has 1 aromatic heterocycles. The van der Waals surface area contributed by atoms with Gasteiger partial charge in [0.25, 0.3) is 0 Å². The Kier molecular flexibility index (Phi) is 2.98. The minimum absolute atomic E-state index is 0.156. The Labute approximate surface area is 120 Å². The summed E-state index contributed by atoms with van der Waals surface area (Å²) in [4.78, 5) is 12.0. The molecule has 5 nitrogen and oxygen atoms in total. The second-order valence-electron chi connectivity index (χ2n) is 4.79. The molecule has 3 rings (SSSR count). The number of benzene rings is 2. The lowest BCUT2D eigenvalue weighted by atomic mass is 10.0. The summed E-state index contributed by atoms with van der Waals surface area (Å²) >= 11 is 0. The normalized spacial score (nSPS) is 11.9. The van der Waals surface area contributed by atoms with Gasteiger partial charge >= 0.3 is 15.7 Å². The van der Waals surface area contributed by atoms with Gasteiger partial charge < -0.3 is 8.60 Å². The van der Waals surface area contributed by atoms with E-state index in [0.29, 0.717) is 16.5 Å². The first-order chi connectivity index (χ1) is 9.87. The Morgan fingerprint density at radius 3 is 2.33 bits per heavy atom. The number of fused-ring (bicyclic) bond motifs is 3. The molecule has 0 aliphatic heterocycles. The Balaban J connectivity index is 2.40. The highest BCUT2D eigenvalue weighted by molar-refractivity contribution is 7.86. The van der Waals surface area contributed by atoms with Gasteiger partial charge in [0.15, 0.2) is 0 Å². The predicted molar refractivity (Wildman–Crippen MR) is 80.2 cm³/mol. The first-order valence-corrected chi connectivity index (χ1v) is 8.03. The van der Waals surface area contributed by atoms with Gasteiger partial charge in [-0.15, -0.1) is 0 Å². The Morgan fingerprint density at radius 1 is 1.00 bits per heavy atom. The van der Waals surface area contributed by atoms with Crippen LogP contribution in [-0.4, -0.2) is 14.7 Å². The maximum atomic E-state index is 12.0. The van der Waals surface area contributed by atoms with Crippen LogP contribution in [-0.2, 0) is 10.1 Å². The highest BCUT2D eigenvalue weighted by Crippen LogP contribution is 2.31. The Bertz CT molecular complexity index is 1020. The van der Waals surface area contributed by atoms with Crippen molar-refractivity contribution in [3.63, 3.8) is 0 Å². The van der Waals surface area contributed by atoms with Gasteiger partial charge in [0.2, 0.25) is 0 Å². The Morgan fingerprint density at radius 2 is 1.67 bits per heavy atom. The van der Waals surface area contributed by atoms with Crippen LogP contribution in [0.3, 0.4) is 0 Å². The van der Waals surface area contributed by atoms with Crippen LogP contribution in [0.15, 0.2) is 45.6 Å². The van der Waals surface area contributed by atoms with Crippen LogP contribution in [0.2, 0.25) is 0 Å². The zero-order valence-corrected chi connectivity index (χ0v) is 12.2. The fourth-order valence-electron chi connectivity index (χ4n) is 2.31. The minimum atomic E-state index is -3.64. The van der Waals surface area contributed by atoms with E-state index in [1.807, 2.05) is 12.1 Å². The molecule has 2 aromatic carbocycles. The summed E-state index contributed by atoms with van der Waals surface area (Å²) in [6, 6.07) is 10.4. The fourth-order valence-corrected chi connectivity index (χ4v) is 2.82. The van der Waals surface area contributed by atoms with Crippen molar-refractivity contribution in [2.24, 2.45) is 0 Å². The van der Waals surface area contributed by atoms with Gasteiger partial charge in [-0.2, -0.15) is 8.42 Å². The number of hydrogen-bond donors (Lipinski definition) is 0. The molecule has 0 unspecified atom stereocenters. The minimum Gasteiger partial charge on any atom is -0.422 e. The van der Waals surface area contributed by atoms with E-state index >= 15 is 0 Å². The molecule has 0 fully saturated rings. The number of hydrogen-bond acceptors (Lipinski definition) is 5. The number of aryl methyl sites for hydroxylation is 1. The topological polar surface area (TPSA) is 73.6 Å². The highest BCUT2D eigenvalue weighted by Gasteiger charge is 2.14. The van der Waals surface area contributed by atoms with E-state index in [1.165, 1.54) is 0 Å². The van der Waals surface area contributed by atoms with E-state index in [2.05, 4.69) is 0 Å². The first-order valence-electron chi connectivity index (χ1n) is 6.21. The van der Waals surface area contributed by atoms with Crippen molar-refractivity contribution < 1.29 is 17.0 Å². The number of rotatable bonds is 2. The lowest BCUT2D eigenvalue weighted by Crippen LogP contribution is -2.07. The van der Waals surface area contributed by atoms with Gasteiger partial charge in [-0.25, -0.2) is 4.79 Å². The predicted octanol–water partition coefficient (Wildman–Crippen LogP) is 2.59. The molecule has 0 atom stereocenters. The van der Waals surface area contributed by atoms with Crippen LogP contribution in [0.5, 0.6) is 5.75 Å². The van der Waals surface area contributed by atoms with Crippen molar-refractivity contribution in [2.75, 3.05) is 6.26 Å². The fraction of sp³-hybridized carbons (Fsp3) is 0.133. The quantitative estimate of drug-likeness (QED) is 0.413. The standard InChI is InChI=1S/C15H12O5S/c1-9-13(20-21(2,17)18)8-7-11-10-5-3-4-6-12(10)15(16)19-14(9)11/h3-8H,1-2H3. The molecule has 108 valence electrons. The van der Waals surface area contributed by atoms with E-state index in [4.69, 9.17) is 8.60 Å². The van der Waals surface area contributed by atoms with Crippen molar-refractivity contribution >= 4 is 31.9 Å². The zero-order chi connectivity index (χ0) is 15.2. The summed E-state index contributed by atoms with van der Waals surface area (Å²) in [5, 5.41) is 1.99. The molecule has 0 spiro atoms. The molecular weight excluding hydrogens is 292 g/mol. The van der Waals surface area contributed by atoms with E-state index < -0.39 is 15.7 Å². The molecule has 6 heteroatoms. The highest BCUT2D eigenvalue weighted by atomic mass is 32.2. The van der Waals surface area contributed by atoms with Gasteiger partial charge in [0.05, 0.1) is 11.6 Å². The molecule has 21 heavy (non-hydrogen) atoms. The first kappa shape index (κ1) is 13.6. The summed E-state index contributed by atoms with van der Waals surface area (Å²) in [5.74, 6) is 0.156. The van der Waals surface area contributed by atoms with Gasteiger partial charge in [-0.3, -0.25) is 0 Å². The summed E-state index contributed by atoms with van der Waals surface area (Å²) in [6.45, 7) is 1.65. The third-order valence-electron chi connectivity index (χ3n) is 3.23. The van der Waals surface area contributed by atoms with Crippen LogP contribution in [0.4, 0.5) is 0 Å². The largest absolute Gasteiger partial charge is 0.422 e. The van der Waals surface area contributed by atoms with Gasteiger partial charge in [0.1, 0.15) is 11.3 Å². The van der Waals surface area contributed by atoms with E-state index in [-0.39, 0.29) is 5.75 Å². The summed E-state index contributed by atoms with van der Waals surface area (Å²) in [6.07, 6.45) is 0.965. The third kappa shape index (κ3) is 2.38. The van der Waals surface area contributed by atoms with Gasteiger partial charge in [-0.1, -0.05) is 18.2 Å². The van der Waals surface area contributed by atoms with E-state index in [1.54, 1.807) is 31.2 Å². The molecule has 0 bridgehead atoms. The summed E-state index contributed by atoms with van der Waals surface area (Å²) < 4.78 is 32.7. The maximum absolute atomic E-state index is 12.0. The molecule has 1 heterocycles. The molecular formula is C15H12O5S. The Hall–Kier alpha value is -2.34. The van der Waals surface area contributed by atoms with Crippen molar-refractivity contribution in [3.8, 4) is 5.75 Å². The molecule has 0 aliphatic carbocycles. The average Bonchev–Trinajstić information content (AvgIpc) is 2.42. The van der Waals surface area contributed by atoms with Crippen LogP contribution in [0.1, 0.15) is 5.56 Å². The van der Waals surface area contributed by atoms with Crippen LogP contribution >= 0.6 is 0 Å². The molecule has 3 aromatic rings. The molecule has 0 N–H and O–H groups in total. The molecule has 0 saturated heterocycles. The van der Waals surface area contributed by atoms with Crippen molar-refractivity contribution in [3.05, 3.63) is 52.4 Å². The second kappa shape index (κ2) is 4.60. The lowest BCUT2D eigenvalue weighted by molar-refractivity contribution is 0.489. The van der Waals surface area contributed by atoms with E-state index in [9.17, 15) is 13.2 Å². The van der Waals surface area contributed by atoms with Gasteiger partial charge in [0, 0.05) is 10.9 Å². The van der Waals surface area contributed by atoms with E-state index in [0.717, 1.165) is 17.0 Å². The van der Waals surface area contributed by atoms with Gasteiger partial charge in [-0.05, 0) is 30.5 Å². The maximum Gasteiger partial charge on any atom is 0.344 e.